The van der Waals surface area contributed by atoms with E-state index in [0.717, 1.165) is 183 Å². The number of aromatic nitrogens is 2. The predicted molar refractivity (Wildman–Crippen MR) is 425 cm³/mol. The molecule has 0 saturated heterocycles. The molecule has 6 N–H and O–H groups in total. The molecule has 8 nitrogen and oxygen atoms in total. The van der Waals surface area contributed by atoms with Crippen molar-refractivity contribution in [3.8, 4) is 23.0 Å². The maximum Gasteiger partial charge on any atom is 0.119 e. The van der Waals surface area contributed by atoms with Gasteiger partial charge in [0.15, 0.2) is 0 Å². The van der Waals surface area contributed by atoms with Gasteiger partial charge in [0.25, 0.3) is 0 Å². The van der Waals surface area contributed by atoms with Crippen molar-refractivity contribution in [2.75, 3.05) is 0 Å². The summed E-state index contributed by atoms with van der Waals surface area (Å²) >= 11 is 0. The highest BCUT2D eigenvalue weighted by Gasteiger charge is 2.29. The average Bonchev–Trinajstić information content (AvgIpc) is 1.60. The molecule has 0 saturated carbocycles. The van der Waals surface area contributed by atoms with Crippen molar-refractivity contribution >= 4 is 28.1 Å². The van der Waals surface area contributed by atoms with Gasteiger partial charge < -0.3 is 30.4 Å². The number of nitrogens with zero attached hydrogens (tertiary/aromatic N) is 2. The molecule has 0 radical (unpaired) electrons. The van der Waals surface area contributed by atoms with Gasteiger partial charge in [-0.1, -0.05) is 313 Å². The van der Waals surface area contributed by atoms with Crippen LogP contribution >= 0.6 is 0 Å². The topological polar surface area (TPSA) is 137 Å². The standard InChI is InChI=1S/C92H128N4O4/c1-5-9-13-17-21-25-29-33-37-41-45-69-49-53-73(65-85(69)97)89-77-57-59-79(93-77)90(74-54-50-70(86(98)66-74)46-42-38-34-30-26-22-18-14-10-6-2)81-61-63-83(95-81)92(76-56-52-72(88(100)68-76)48-44-40-36-32-28-24-20-16-12-8-4)84-64-62-82(96-84)91(80-60-58-78(89)94-80)75-55-51-71(87(99)67-75)47-43-39-35-31-27-23-19-15-11-7-3/h49-63,65-68,91,94-95,97-100H,5-48,64H2,1-4H3/b89-77-,90-81-,92-83-. The van der Waals surface area contributed by atoms with Crippen LogP contribution in [-0.2, 0) is 25.7 Å². The largest absolute Gasteiger partial charge is 0.508 e. The van der Waals surface area contributed by atoms with E-state index in [9.17, 15) is 20.4 Å². The fraction of sp³-hybridized carbons (Fsp3) is 0.543. The summed E-state index contributed by atoms with van der Waals surface area (Å²) in [6.07, 6.45) is 60.9. The minimum absolute atomic E-state index is 0.289. The molecule has 100 heavy (non-hydrogen) atoms. The van der Waals surface area contributed by atoms with Crippen LogP contribution in [0.2, 0.25) is 0 Å². The Labute approximate surface area is 604 Å². The lowest BCUT2D eigenvalue weighted by Gasteiger charge is -2.18. The van der Waals surface area contributed by atoms with E-state index in [0.29, 0.717) is 23.7 Å². The van der Waals surface area contributed by atoms with E-state index in [2.05, 4.69) is 129 Å². The molecule has 0 aliphatic carbocycles. The molecule has 9 rings (SSSR count). The smallest absolute Gasteiger partial charge is 0.119 e. The number of phenolic OH excluding ortho intramolecular Hbond substituents is 4. The first-order chi connectivity index (χ1) is 49.2. The quantitative estimate of drug-likeness (QED) is 0.0212. The number of aliphatic imine (C=N–C) groups is 2. The Morgan fingerprint density at radius 1 is 0.340 bits per heavy atom. The normalized spacial score (nSPS) is 16.2. The molecule has 540 valence electrons. The monoisotopic (exact) mass is 1350 g/mol. The van der Waals surface area contributed by atoms with Crippen molar-refractivity contribution in [1.29, 1.82) is 0 Å². The van der Waals surface area contributed by atoms with Crippen LogP contribution in [-0.4, -0.2) is 41.8 Å². The fourth-order valence-corrected chi connectivity index (χ4v) is 15.7. The number of aromatic amines is 2. The average molecular weight is 1350 g/mol. The van der Waals surface area contributed by atoms with E-state index in [-0.39, 0.29) is 11.7 Å². The number of allylic oxidation sites excluding steroid dienone is 4. The van der Waals surface area contributed by atoms with Crippen LogP contribution in [0.3, 0.4) is 0 Å². The van der Waals surface area contributed by atoms with Crippen molar-refractivity contribution < 1.29 is 20.4 Å². The first-order valence-electron chi connectivity index (χ1n) is 40.9. The first-order valence-corrected chi connectivity index (χ1v) is 40.9. The molecular weight excluding hydrogens is 1230 g/mol. The second-order valence-electron chi connectivity index (χ2n) is 29.9. The van der Waals surface area contributed by atoms with Gasteiger partial charge in [0.05, 0.1) is 28.7 Å². The second-order valence-corrected chi connectivity index (χ2v) is 29.9. The van der Waals surface area contributed by atoms with E-state index in [1.54, 1.807) is 0 Å². The lowest BCUT2D eigenvalue weighted by Crippen LogP contribution is -2.21. The molecule has 0 fully saturated rings. The molecule has 4 aromatic carbocycles. The van der Waals surface area contributed by atoms with Gasteiger partial charge in [0.1, 0.15) is 23.0 Å². The summed E-state index contributed by atoms with van der Waals surface area (Å²) in [5, 5.41) is 49.8. The third-order valence-electron chi connectivity index (χ3n) is 21.8. The van der Waals surface area contributed by atoms with Crippen LogP contribution in [0.5, 0.6) is 23.0 Å². The fourth-order valence-electron chi connectivity index (χ4n) is 15.7. The molecule has 8 bridgehead atoms. The lowest BCUT2D eigenvalue weighted by molar-refractivity contribution is 0.464. The number of fused-ring (bicyclic) bond motifs is 6. The highest BCUT2D eigenvalue weighted by atomic mass is 16.3. The Kier molecular flexibility index (Phi) is 33.2. The van der Waals surface area contributed by atoms with Crippen LogP contribution in [0.4, 0.5) is 0 Å². The van der Waals surface area contributed by atoms with Gasteiger partial charge in [-0.2, -0.15) is 0 Å². The molecular formula is C92H128N4O4. The maximum absolute atomic E-state index is 12.0. The molecule has 6 aromatic rings. The van der Waals surface area contributed by atoms with Crippen LogP contribution in [0.25, 0.3) is 16.7 Å². The zero-order chi connectivity index (χ0) is 69.9. The Bertz CT molecular complexity index is 3750. The highest BCUT2D eigenvalue weighted by Crippen LogP contribution is 2.42. The number of hydrogen-bond donors (Lipinski definition) is 6. The van der Waals surface area contributed by atoms with Gasteiger partial charge in [-0.25, -0.2) is 4.99 Å². The summed E-state index contributed by atoms with van der Waals surface area (Å²) in [5.41, 5.74) is 15.0. The number of nitrogens with one attached hydrogen (secondary N) is 2. The number of aromatic hydroxyl groups is 4. The van der Waals surface area contributed by atoms with E-state index < -0.39 is 0 Å². The van der Waals surface area contributed by atoms with Gasteiger partial charge in [-0.3, -0.25) is 4.99 Å². The summed E-state index contributed by atoms with van der Waals surface area (Å²) in [4.78, 5) is 19.2. The Balaban J connectivity index is 1.09. The number of phenols is 4. The van der Waals surface area contributed by atoms with Crippen molar-refractivity contribution in [1.82, 2.24) is 9.97 Å². The number of unbranched alkanes of at least 4 members (excludes halogenated alkanes) is 36. The van der Waals surface area contributed by atoms with E-state index in [4.69, 9.17) is 9.98 Å². The van der Waals surface area contributed by atoms with Crippen LogP contribution in [0, 0.1) is 0 Å². The highest BCUT2D eigenvalue weighted by molar-refractivity contribution is 6.30. The van der Waals surface area contributed by atoms with Crippen LogP contribution in [0.15, 0.2) is 137 Å². The Morgan fingerprint density at radius 3 is 1.10 bits per heavy atom. The lowest BCUT2D eigenvalue weighted by atomic mass is 9.90. The SMILES string of the molecule is CCCCCCCCCCCCc1ccc(/C2=C3\C=CC(=N3)/C(c3ccc(CCCCCCCCCCCC)c(O)c3)=c3/cc/c([nH]3)=C(\c3ccc(CCCCCCCCCCCC)c(O)c3)C3=NC(=CC3)C(c3ccc(CCCCCCCCCCCC)c(O)c3)c3ccc2[nH]3)cc1O. The molecule has 5 heterocycles. The van der Waals surface area contributed by atoms with Gasteiger partial charge in [0, 0.05) is 45.2 Å². The number of rotatable bonds is 48. The van der Waals surface area contributed by atoms with Crippen LogP contribution < -0.4 is 10.7 Å². The van der Waals surface area contributed by atoms with Crippen LogP contribution in [0.1, 0.15) is 353 Å². The van der Waals surface area contributed by atoms with Gasteiger partial charge in [-0.05, 0) is 157 Å². The minimum atomic E-state index is -0.379. The summed E-state index contributed by atoms with van der Waals surface area (Å²) < 4.78 is 0. The molecule has 3 aliphatic rings. The van der Waals surface area contributed by atoms with Gasteiger partial charge in [-0.15, -0.1) is 0 Å². The van der Waals surface area contributed by atoms with Crippen molar-refractivity contribution in [2.24, 2.45) is 9.98 Å². The zero-order valence-corrected chi connectivity index (χ0v) is 62.6. The molecule has 3 aliphatic heterocycles. The second kappa shape index (κ2) is 43.0. The van der Waals surface area contributed by atoms with Gasteiger partial charge >= 0.3 is 0 Å². The number of H-pyrrole nitrogens is 2. The van der Waals surface area contributed by atoms with E-state index in [1.165, 1.54) is 205 Å². The Morgan fingerprint density at radius 2 is 0.700 bits per heavy atom. The molecule has 0 amide bonds. The molecule has 1 unspecified atom stereocenters. The molecule has 0 spiro atoms. The van der Waals surface area contributed by atoms with Crippen molar-refractivity contribution in [3.05, 3.63) is 193 Å². The number of aryl methyl sites for hydroxylation is 4. The zero-order valence-electron chi connectivity index (χ0n) is 62.6. The first kappa shape index (κ1) is 77.1. The summed E-state index contributed by atoms with van der Waals surface area (Å²) in [6.45, 7) is 9.11. The van der Waals surface area contributed by atoms with Gasteiger partial charge in [0.2, 0.25) is 0 Å². The third-order valence-corrected chi connectivity index (χ3v) is 21.8. The summed E-state index contributed by atoms with van der Waals surface area (Å²) in [5.74, 6) is 0.815. The third kappa shape index (κ3) is 23.5. The van der Waals surface area contributed by atoms with E-state index >= 15 is 0 Å². The summed E-state index contributed by atoms with van der Waals surface area (Å²) in [6, 6.07) is 33.5. The Hall–Kier alpha value is -7.06. The molecule has 8 heteroatoms. The summed E-state index contributed by atoms with van der Waals surface area (Å²) in [7, 11) is 0. The molecule has 1 atom stereocenters. The van der Waals surface area contributed by atoms with E-state index in [1.807, 2.05) is 24.3 Å². The number of benzene rings is 4. The maximum atomic E-state index is 12.0. The number of hydrogen-bond acceptors (Lipinski definition) is 6. The minimum Gasteiger partial charge on any atom is -0.508 e. The predicted octanol–water partition coefficient (Wildman–Crippen LogP) is 24.8. The van der Waals surface area contributed by atoms with Crippen molar-refractivity contribution in [3.63, 3.8) is 0 Å². The molecule has 2 aromatic heterocycles. The van der Waals surface area contributed by atoms with Crippen molar-refractivity contribution in [2.45, 2.75) is 323 Å².